The zero-order chi connectivity index (χ0) is 23.6. The van der Waals surface area contributed by atoms with Crippen molar-refractivity contribution in [1.82, 2.24) is 0 Å². The Bertz CT molecular complexity index is 1420. The van der Waals surface area contributed by atoms with Crippen LogP contribution in [-0.2, 0) is 0 Å². The van der Waals surface area contributed by atoms with Gasteiger partial charge in [-0.2, -0.15) is 0 Å². The standard InChI is InChI=1S/C30H22BNO3/c33-31-26-18-10-11-19-27(26)35-29-21-24(20-28(30(29)31)34-25-16-8-3-9-17-25)32(22-12-4-1-5-13-22)23-14-6-2-7-15-23/h1-21,33H. The van der Waals surface area contributed by atoms with Gasteiger partial charge in [-0.25, -0.2) is 0 Å². The van der Waals surface area contributed by atoms with Crippen molar-refractivity contribution in [3.8, 4) is 23.0 Å². The van der Waals surface area contributed by atoms with E-state index in [1.807, 2.05) is 103 Å². The largest absolute Gasteiger partial charge is 0.458 e. The lowest BCUT2D eigenvalue weighted by atomic mass is 9.54. The molecule has 0 atom stereocenters. The minimum absolute atomic E-state index is 0.544. The molecule has 0 unspecified atom stereocenters. The molecule has 0 aromatic heterocycles. The van der Waals surface area contributed by atoms with E-state index in [1.165, 1.54) is 0 Å². The molecule has 5 aromatic rings. The first-order valence-corrected chi connectivity index (χ1v) is 11.5. The number of hydrogen-bond donors (Lipinski definition) is 1. The molecule has 5 heteroatoms. The van der Waals surface area contributed by atoms with Gasteiger partial charge in [-0.05, 0) is 47.9 Å². The van der Waals surface area contributed by atoms with Gasteiger partial charge in [0.05, 0.1) is 5.69 Å². The molecule has 1 N–H and O–H groups in total. The zero-order valence-corrected chi connectivity index (χ0v) is 18.9. The number of rotatable bonds is 5. The molecule has 168 valence electrons. The average Bonchev–Trinajstić information content (AvgIpc) is 2.91. The molecule has 0 aliphatic carbocycles. The van der Waals surface area contributed by atoms with Gasteiger partial charge in [-0.3, -0.25) is 0 Å². The minimum atomic E-state index is -0.871. The molecule has 6 rings (SSSR count). The molecule has 0 fully saturated rings. The predicted molar refractivity (Wildman–Crippen MR) is 141 cm³/mol. The first kappa shape index (κ1) is 21.1. The highest BCUT2D eigenvalue weighted by atomic mass is 16.5. The monoisotopic (exact) mass is 455 g/mol. The van der Waals surface area contributed by atoms with E-state index in [1.54, 1.807) is 0 Å². The Kier molecular flexibility index (Phi) is 5.45. The van der Waals surface area contributed by atoms with Crippen molar-refractivity contribution in [1.29, 1.82) is 0 Å². The summed E-state index contributed by atoms with van der Waals surface area (Å²) >= 11 is 0. The number of ether oxygens (including phenoxy) is 2. The SMILES string of the molecule is OB1c2ccccc2Oc2cc(N(c3ccccc3)c3ccccc3)cc(Oc3ccccc3)c21. The molecule has 1 aliphatic heterocycles. The van der Waals surface area contributed by atoms with E-state index >= 15 is 0 Å². The first-order valence-electron chi connectivity index (χ1n) is 11.5. The number of nitrogens with zero attached hydrogens (tertiary/aromatic N) is 1. The van der Waals surface area contributed by atoms with Crippen molar-refractivity contribution in [3.05, 3.63) is 127 Å². The van der Waals surface area contributed by atoms with Gasteiger partial charge in [0, 0.05) is 29.0 Å². The predicted octanol–water partition coefficient (Wildman–Crippen LogP) is 6.15. The topological polar surface area (TPSA) is 41.9 Å². The Balaban J connectivity index is 1.55. The maximum Gasteiger partial charge on any atom is 0.370 e. The highest BCUT2D eigenvalue weighted by molar-refractivity contribution is 6.81. The van der Waals surface area contributed by atoms with E-state index in [4.69, 9.17) is 9.47 Å². The molecule has 0 amide bonds. The summed E-state index contributed by atoms with van der Waals surface area (Å²) in [5.74, 6) is 2.43. The van der Waals surface area contributed by atoms with E-state index in [0.29, 0.717) is 33.9 Å². The lowest BCUT2D eigenvalue weighted by Crippen LogP contribution is -2.47. The maximum absolute atomic E-state index is 11.4. The van der Waals surface area contributed by atoms with Crippen molar-refractivity contribution in [2.75, 3.05) is 4.90 Å². The summed E-state index contributed by atoms with van der Waals surface area (Å²) < 4.78 is 12.7. The molecule has 5 aromatic carbocycles. The van der Waals surface area contributed by atoms with Crippen LogP contribution >= 0.6 is 0 Å². The summed E-state index contributed by atoms with van der Waals surface area (Å²) in [4.78, 5) is 2.15. The van der Waals surface area contributed by atoms with E-state index < -0.39 is 6.92 Å². The fourth-order valence-corrected chi connectivity index (χ4v) is 4.44. The molecular formula is C30H22BNO3. The van der Waals surface area contributed by atoms with Crippen LogP contribution < -0.4 is 25.3 Å². The second-order valence-corrected chi connectivity index (χ2v) is 8.32. The molecule has 0 bridgehead atoms. The third-order valence-electron chi connectivity index (χ3n) is 6.05. The number of benzene rings is 5. The highest BCUT2D eigenvalue weighted by Crippen LogP contribution is 2.40. The number of hydrogen-bond acceptors (Lipinski definition) is 4. The zero-order valence-electron chi connectivity index (χ0n) is 18.9. The van der Waals surface area contributed by atoms with Gasteiger partial charge >= 0.3 is 6.92 Å². The third-order valence-corrected chi connectivity index (χ3v) is 6.05. The molecule has 0 radical (unpaired) electrons. The van der Waals surface area contributed by atoms with Crippen LogP contribution in [0.15, 0.2) is 127 Å². The summed E-state index contributed by atoms with van der Waals surface area (Å²) in [7, 11) is 0. The van der Waals surface area contributed by atoms with Crippen molar-refractivity contribution < 1.29 is 14.5 Å². The van der Waals surface area contributed by atoms with Crippen LogP contribution in [0.4, 0.5) is 17.1 Å². The van der Waals surface area contributed by atoms with E-state index in [2.05, 4.69) is 29.2 Å². The Labute approximate surface area is 204 Å². The molecule has 35 heavy (non-hydrogen) atoms. The quantitative estimate of drug-likeness (QED) is 0.323. The number of fused-ring (bicyclic) bond motifs is 2. The van der Waals surface area contributed by atoms with Crippen molar-refractivity contribution in [2.45, 2.75) is 0 Å². The van der Waals surface area contributed by atoms with E-state index in [-0.39, 0.29) is 0 Å². The van der Waals surface area contributed by atoms with Gasteiger partial charge in [-0.15, -0.1) is 0 Å². The van der Waals surface area contributed by atoms with Crippen molar-refractivity contribution >= 4 is 34.9 Å². The van der Waals surface area contributed by atoms with Crippen LogP contribution in [0.3, 0.4) is 0 Å². The normalized spacial score (nSPS) is 11.7. The minimum Gasteiger partial charge on any atom is -0.458 e. The summed E-state index contributed by atoms with van der Waals surface area (Å²) in [6.45, 7) is -0.871. The summed E-state index contributed by atoms with van der Waals surface area (Å²) in [6.07, 6.45) is 0. The summed E-state index contributed by atoms with van der Waals surface area (Å²) in [6, 6.07) is 41.4. The number of para-hydroxylation sites is 4. The van der Waals surface area contributed by atoms with E-state index in [9.17, 15) is 5.02 Å². The first-order chi connectivity index (χ1) is 17.3. The molecule has 1 aliphatic rings. The molecule has 1 heterocycles. The Morgan fingerprint density at radius 1 is 0.600 bits per heavy atom. The van der Waals surface area contributed by atoms with Gasteiger partial charge in [0.2, 0.25) is 0 Å². The highest BCUT2D eigenvalue weighted by Gasteiger charge is 2.34. The van der Waals surface area contributed by atoms with Gasteiger partial charge in [0.25, 0.3) is 0 Å². The lowest BCUT2D eigenvalue weighted by Gasteiger charge is -2.30. The molecule has 4 nitrogen and oxygen atoms in total. The molecule has 0 saturated carbocycles. The molecular weight excluding hydrogens is 433 g/mol. The van der Waals surface area contributed by atoms with Crippen molar-refractivity contribution in [3.63, 3.8) is 0 Å². The van der Waals surface area contributed by atoms with Crippen LogP contribution in [0.1, 0.15) is 0 Å². The van der Waals surface area contributed by atoms with Crippen LogP contribution in [0, 0.1) is 0 Å². The smallest absolute Gasteiger partial charge is 0.370 e. The second kappa shape index (κ2) is 9.05. The van der Waals surface area contributed by atoms with Crippen molar-refractivity contribution in [2.24, 2.45) is 0 Å². The fourth-order valence-electron chi connectivity index (χ4n) is 4.44. The van der Waals surface area contributed by atoms with Gasteiger partial charge in [0.1, 0.15) is 23.0 Å². The Morgan fingerprint density at radius 2 is 1.17 bits per heavy atom. The number of anilines is 3. The van der Waals surface area contributed by atoms with Crippen LogP contribution in [0.25, 0.3) is 0 Å². The van der Waals surface area contributed by atoms with Crippen LogP contribution in [0.5, 0.6) is 23.0 Å². The lowest BCUT2D eigenvalue weighted by molar-refractivity contribution is 0.460. The Morgan fingerprint density at radius 3 is 1.83 bits per heavy atom. The van der Waals surface area contributed by atoms with Gasteiger partial charge < -0.3 is 19.4 Å². The van der Waals surface area contributed by atoms with Crippen LogP contribution in [-0.4, -0.2) is 11.9 Å². The summed E-state index contributed by atoms with van der Waals surface area (Å²) in [5, 5.41) is 11.4. The fraction of sp³-hybridized carbons (Fsp3) is 0. The second-order valence-electron chi connectivity index (χ2n) is 8.32. The summed E-state index contributed by atoms with van der Waals surface area (Å²) in [5.41, 5.74) is 4.19. The van der Waals surface area contributed by atoms with Crippen LogP contribution in [0.2, 0.25) is 0 Å². The van der Waals surface area contributed by atoms with Gasteiger partial charge in [-0.1, -0.05) is 72.8 Å². The average molecular weight is 455 g/mol. The molecule has 0 spiro atoms. The van der Waals surface area contributed by atoms with E-state index in [0.717, 1.165) is 17.1 Å². The molecule has 0 saturated heterocycles. The third kappa shape index (κ3) is 4.03. The Hall–Kier alpha value is -4.48. The van der Waals surface area contributed by atoms with Gasteiger partial charge in [0.15, 0.2) is 0 Å². The maximum atomic E-state index is 11.4.